The molecule has 2 fully saturated rings. The summed E-state index contributed by atoms with van der Waals surface area (Å²) in [5, 5.41) is 23.3. The van der Waals surface area contributed by atoms with Crippen molar-refractivity contribution in [3.05, 3.63) is 64.5 Å². The van der Waals surface area contributed by atoms with E-state index in [0.717, 1.165) is 39.2 Å². The van der Waals surface area contributed by atoms with Crippen molar-refractivity contribution in [1.29, 1.82) is 0 Å². The molecule has 2 aliphatic heterocycles. The molecule has 2 aliphatic rings. The molecule has 230 valence electrons. The van der Waals surface area contributed by atoms with Crippen LogP contribution in [0.3, 0.4) is 0 Å². The van der Waals surface area contributed by atoms with Crippen LogP contribution < -0.4 is 10.1 Å². The van der Waals surface area contributed by atoms with Gasteiger partial charge in [0.05, 0.1) is 17.7 Å². The first-order chi connectivity index (χ1) is 20.4. The predicted octanol–water partition coefficient (Wildman–Crippen LogP) is -4.21. The van der Waals surface area contributed by atoms with Gasteiger partial charge in [-0.3, -0.25) is 24.6 Å². The van der Waals surface area contributed by atoms with Gasteiger partial charge in [-0.05, 0) is 44.0 Å². The van der Waals surface area contributed by atoms with Gasteiger partial charge in [0, 0.05) is 36.1 Å². The molecule has 2 heterocycles. The van der Waals surface area contributed by atoms with Gasteiger partial charge in [0.1, 0.15) is 60.5 Å². The number of carbonyl (C=O) groups excluding carboxylic acids is 3. The van der Waals surface area contributed by atoms with E-state index >= 15 is 4.39 Å². The standard InChI is InChI=1S/C28H39B5FN3O7/c1-15-5-4-6-21(43-13-19-8-7-18(9-20(19)34)12-36-10-16(2)44-17(3)11-36)22(15)27(31,32)37(14-38)25(29)23(39)35-24(40)26(30,41)28(25,33)42/h4-9,14,16-17,41-42H,10-13,29-33H2,1-3H3,(H,35,39,40). The molecule has 5 atom stereocenters. The van der Waals surface area contributed by atoms with Crippen molar-refractivity contribution in [3.63, 3.8) is 0 Å². The van der Waals surface area contributed by atoms with Crippen LogP contribution in [0.1, 0.15) is 36.1 Å². The van der Waals surface area contributed by atoms with Gasteiger partial charge in [-0.15, -0.1) is 0 Å². The van der Waals surface area contributed by atoms with Crippen LogP contribution in [0.15, 0.2) is 36.4 Å². The molecule has 4 rings (SSSR count). The molecule has 0 aromatic heterocycles. The maximum atomic E-state index is 15.3. The minimum atomic E-state index is -2.40. The number of aliphatic hydroxyl groups is 2. The average Bonchev–Trinajstić information content (AvgIpc) is 2.91. The Morgan fingerprint density at radius 2 is 1.77 bits per heavy atom. The van der Waals surface area contributed by atoms with E-state index in [2.05, 4.69) is 10.2 Å². The molecule has 0 radical (unpaired) electrons. The number of nitrogens with one attached hydrogen (secondary N) is 1. The summed E-state index contributed by atoms with van der Waals surface area (Å²) in [6.07, 6.45) is 0.622. The summed E-state index contributed by atoms with van der Waals surface area (Å²) in [6, 6.07) is 10.3. The first-order valence-corrected chi connectivity index (χ1v) is 14.8. The lowest BCUT2D eigenvalue weighted by molar-refractivity contribution is -0.178. The second-order valence-electron chi connectivity index (χ2n) is 13.1. The minimum absolute atomic E-state index is 0.107. The topological polar surface area (TPSA) is 129 Å². The molecular weight excluding hydrogens is 563 g/mol. The number of hydrogen-bond donors (Lipinski definition) is 3. The van der Waals surface area contributed by atoms with Crippen LogP contribution in [0.2, 0.25) is 0 Å². The van der Waals surface area contributed by atoms with Crippen LogP contribution >= 0.6 is 0 Å². The molecule has 3 N–H and O–H groups in total. The first-order valence-electron chi connectivity index (χ1n) is 14.8. The number of morpholine rings is 1. The Bertz CT molecular complexity index is 1450. The summed E-state index contributed by atoms with van der Waals surface area (Å²) < 4.78 is 27.2. The number of nitrogens with zero attached hydrogens (tertiary/aromatic N) is 2. The van der Waals surface area contributed by atoms with E-state index < -0.39 is 39.4 Å². The van der Waals surface area contributed by atoms with Gasteiger partial charge in [-0.2, -0.15) is 0 Å². The zero-order valence-corrected chi connectivity index (χ0v) is 26.7. The summed E-state index contributed by atoms with van der Waals surface area (Å²) in [7, 11) is 6.87. The lowest BCUT2D eigenvalue weighted by atomic mass is 9.41. The quantitative estimate of drug-likeness (QED) is 0.150. The van der Waals surface area contributed by atoms with Crippen molar-refractivity contribution >= 4 is 57.5 Å². The Hall–Kier alpha value is -3.06. The van der Waals surface area contributed by atoms with Gasteiger partial charge in [0.25, 0.3) is 5.91 Å². The van der Waals surface area contributed by atoms with Gasteiger partial charge in [0.15, 0.2) is 7.85 Å². The molecule has 2 aromatic carbocycles. The van der Waals surface area contributed by atoms with Crippen LogP contribution in [0.4, 0.5) is 4.39 Å². The molecule has 44 heavy (non-hydrogen) atoms. The minimum Gasteiger partial charge on any atom is -0.488 e. The summed E-state index contributed by atoms with van der Waals surface area (Å²) in [5.41, 5.74) is -4.50. The Balaban J connectivity index is 1.62. The van der Waals surface area contributed by atoms with Crippen molar-refractivity contribution in [2.75, 3.05) is 13.1 Å². The Labute approximate surface area is 262 Å². The molecular formula is C28H39B5FN3O7. The lowest BCUT2D eigenvalue weighted by Crippen LogP contribution is -2.87. The number of hydrogen-bond acceptors (Lipinski definition) is 8. The maximum absolute atomic E-state index is 15.3. The molecule has 0 bridgehead atoms. The van der Waals surface area contributed by atoms with Crippen LogP contribution in [0, 0.1) is 12.7 Å². The van der Waals surface area contributed by atoms with E-state index in [0.29, 0.717) is 35.4 Å². The van der Waals surface area contributed by atoms with Gasteiger partial charge in [0.2, 0.25) is 12.3 Å². The number of rotatable bonds is 9. The summed E-state index contributed by atoms with van der Waals surface area (Å²) >= 11 is 0. The highest BCUT2D eigenvalue weighted by Gasteiger charge is 2.68. The number of carbonyl (C=O) groups is 3. The normalized spacial score (nSPS) is 29.6. The number of imide groups is 1. The molecule has 16 heteroatoms. The average molecular weight is 603 g/mol. The van der Waals surface area contributed by atoms with E-state index in [4.69, 9.17) is 9.47 Å². The largest absolute Gasteiger partial charge is 0.488 e. The Morgan fingerprint density at radius 3 is 2.36 bits per heavy atom. The summed E-state index contributed by atoms with van der Waals surface area (Å²) in [4.78, 5) is 41.9. The van der Waals surface area contributed by atoms with Gasteiger partial charge >= 0.3 is 0 Å². The molecule has 3 amide bonds. The summed E-state index contributed by atoms with van der Waals surface area (Å²) in [6.45, 7) is 7.88. The molecule has 10 nitrogen and oxygen atoms in total. The van der Waals surface area contributed by atoms with Crippen LogP contribution in [0.25, 0.3) is 0 Å². The van der Waals surface area contributed by atoms with E-state index in [9.17, 15) is 24.6 Å². The molecule has 0 saturated carbocycles. The predicted molar refractivity (Wildman–Crippen MR) is 175 cm³/mol. The van der Waals surface area contributed by atoms with E-state index in [1.165, 1.54) is 13.9 Å². The fraction of sp³-hybridized carbons (Fsp3) is 0.464. The van der Waals surface area contributed by atoms with Crippen molar-refractivity contribution in [3.8, 4) is 5.75 Å². The molecule has 0 aliphatic carbocycles. The lowest BCUT2D eigenvalue weighted by Gasteiger charge is -2.60. The third-order valence-corrected chi connectivity index (χ3v) is 9.45. The maximum Gasteiger partial charge on any atom is 0.251 e. The highest BCUT2D eigenvalue weighted by Crippen LogP contribution is 2.42. The third kappa shape index (κ3) is 5.73. The number of piperidine rings is 1. The smallest absolute Gasteiger partial charge is 0.251 e. The van der Waals surface area contributed by atoms with Crippen molar-refractivity contribution < 1.29 is 38.5 Å². The molecule has 0 spiro atoms. The number of halogens is 1. The van der Waals surface area contributed by atoms with Crippen molar-refractivity contribution in [2.45, 2.75) is 67.9 Å². The monoisotopic (exact) mass is 603 g/mol. The second kappa shape index (κ2) is 12.0. The molecule has 2 aromatic rings. The Kier molecular flexibility index (Phi) is 9.25. The third-order valence-electron chi connectivity index (χ3n) is 9.45. The number of aryl methyl sites for hydroxylation is 1. The second-order valence-corrected chi connectivity index (χ2v) is 13.1. The number of ether oxygens (including phenoxy) is 2. The number of benzene rings is 2. The van der Waals surface area contributed by atoms with E-state index in [1.54, 1.807) is 46.9 Å². The first kappa shape index (κ1) is 33.8. The Morgan fingerprint density at radius 1 is 1.14 bits per heavy atom. The van der Waals surface area contributed by atoms with E-state index in [1.807, 2.05) is 19.9 Å². The zero-order chi connectivity index (χ0) is 32.8. The zero-order valence-electron chi connectivity index (χ0n) is 26.7. The molecule has 5 unspecified atom stereocenters. The van der Waals surface area contributed by atoms with Crippen molar-refractivity contribution in [2.24, 2.45) is 0 Å². The highest BCUT2D eigenvalue weighted by molar-refractivity contribution is 6.48. The SMILES string of the molecule is BC(B)(c1c(C)cccc1OCc1ccc(CN2CC(C)OC(C)C2)cc1F)N(C=O)C1(B)C(=O)NC(=O)C(B)(O)C1(B)O. The molecule has 2 saturated heterocycles. The van der Waals surface area contributed by atoms with Gasteiger partial charge < -0.3 is 24.6 Å². The number of amides is 3. The fourth-order valence-corrected chi connectivity index (χ4v) is 6.70. The highest BCUT2D eigenvalue weighted by atomic mass is 19.1. The van der Waals surface area contributed by atoms with Crippen LogP contribution in [0.5, 0.6) is 5.75 Å². The van der Waals surface area contributed by atoms with Gasteiger partial charge in [-0.25, -0.2) is 4.39 Å². The van der Waals surface area contributed by atoms with Crippen LogP contribution in [-0.4, -0.2) is 119 Å². The van der Waals surface area contributed by atoms with E-state index in [-0.39, 0.29) is 18.8 Å². The summed E-state index contributed by atoms with van der Waals surface area (Å²) in [5.74, 6) is -2.09. The van der Waals surface area contributed by atoms with Crippen LogP contribution in [-0.2, 0) is 37.6 Å². The van der Waals surface area contributed by atoms with Gasteiger partial charge in [-0.1, -0.05) is 24.3 Å². The van der Waals surface area contributed by atoms with Crippen molar-refractivity contribution in [1.82, 2.24) is 15.1 Å². The fourth-order valence-electron chi connectivity index (χ4n) is 6.70.